The summed E-state index contributed by atoms with van der Waals surface area (Å²) in [4.78, 5) is 14.5. The molecule has 2 aliphatic heterocycles. The number of nitrogens with two attached hydrogens (primary N) is 1. The van der Waals surface area contributed by atoms with Gasteiger partial charge in [0.05, 0.1) is 6.10 Å². The maximum atomic E-state index is 12.4. The van der Waals surface area contributed by atoms with Crippen LogP contribution in [0.4, 0.5) is 0 Å². The number of hydrogen-bond acceptors (Lipinski definition) is 3. The van der Waals surface area contributed by atoms with Gasteiger partial charge in [0.1, 0.15) is 6.10 Å². The van der Waals surface area contributed by atoms with Crippen molar-refractivity contribution in [3.63, 3.8) is 0 Å². The number of nitrogens with zero attached hydrogens (tertiary/aromatic N) is 1. The molecule has 2 unspecified atom stereocenters. The Bertz CT molecular complexity index is 273. The van der Waals surface area contributed by atoms with Crippen LogP contribution in [0.3, 0.4) is 0 Å². The number of amides is 1. The van der Waals surface area contributed by atoms with Gasteiger partial charge in [-0.1, -0.05) is 0 Å². The van der Waals surface area contributed by atoms with Gasteiger partial charge in [-0.05, 0) is 46.0 Å². The molecule has 0 aliphatic carbocycles. The van der Waals surface area contributed by atoms with E-state index in [1.807, 2.05) is 4.90 Å². The number of rotatable bonds is 2. The summed E-state index contributed by atoms with van der Waals surface area (Å²) in [5.41, 5.74) is 5.58. The first-order valence-corrected chi connectivity index (χ1v) is 6.81. The van der Waals surface area contributed by atoms with Crippen molar-refractivity contribution in [1.29, 1.82) is 0 Å². The van der Waals surface area contributed by atoms with Crippen LogP contribution >= 0.6 is 0 Å². The summed E-state index contributed by atoms with van der Waals surface area (Å²) in [6, 6.07) is 0.707. The highest BCUT2D eigenvalue weighted by molar-refractivity contribution is 5.82. The number of likely N-dealkylation sites (tertiary alicyclic amines) is 1. The maximum absolute atomic E-state index is 12.4. The molecular weight excluding hydrogens is 216 g/mol. The van der Waals surface area contributed by atoms with Crippen molar-refractivity contribution < 1.29 is 9.53 Å². The van der Waals surface area contributed by atoms with Gasteiger partial charge in [-0.2, -0.15) is 0 Å². The molecule has 2 fully saturated rings. The van der Waals surface area contributed by atoms with Gasteiger partial charge in [0, 0.05) is 18.6 Å². The lowest BCUT2D eigenvalue weighted by atomic mass is 9.96. The van der Waals surface area contributed by atoms with Gasteiger partial charge in [-0.25, -0.2) is 0 Å². The van der Waals surface area contributed by atoms with Gasteiger partial charge in [-0.3, -0.25) is 4.79 Å². The van der Waals surface area contributed by atoms with Gasteiger partial charge < -0.3 is 15.4 Å². The van der Waals surface area contributed by atoms with Crippen LogP contribution in [0.25, 0.3) is 0 Å². The molecule has 2 rings (SSSR count). The zero-order valence-corrected chi connectivity index (χ0v) is 10.9. The molecular formula is C13H24N2O2. The van der Waals surface area contributed by atoms with Crippen molar-refractivity contribution in [1.82, 2.24) is 4.90 Å². The second-order valence-electron chi connectivity index (χ2n) is 5.43. The molecule has 0 aromatic rings. The molecule has 2 aliphatic rings. The first kappa shape index (κ1) is 12.8. The molecule has 17 heavy (non-hydrogen) atoms. The van der Waals surface area contributed by atoms with E-state index < -0.39 is 0 Å². The third-order valence-electron chi connectivity index (χ3n) is 4.09. The maximum Gasteiger partial charge on any atom is 0.252 e. The summed E-state index contributed by atoms with van der Waals surface area (Å²) in [6.07, 6.45) is 5.04. The standard InChI is InChI=1S/C13H24N2O2/c1-9-4-3-5-10(2)15(9)13(16)12-7-6-11(8-14)17-12/h9-12H,3-8,14H2,1-2H3/t9-,10+,11?,12?. The lowest BCUT2D eigenvalue weighted by molar-refractivity contribution is -0.149. The molecule has 0 bridgehead atoms. The van der Waals surface area contributed by atoms with E-state index in [-0.39, 0.29) is 18.1 Å². The Morgan fingerprint density at radius 2 is 1.88 bits per heavy atom. The fourth-order valence-corrected chi connectivity index (χ4v) is 3.08. The molecule has 0 radical (unpaired) electrons. The Labute approximate surface area is 103 Å². The number of hydrogen-bond donors (Lipinski definition) is 1. The lowest BCUT2D eigenvalue weighted by Gasteiger charge is -2.40. The zero-order chi connectivity index (χ0) is 12.4. The highest BCUT2D eigenvalue weighted by Crippen LogP contribution is 2.27. The first-order chi connectivity index (χ1) is 8.13. The van der Waals surface area contributed by atoms with E-state index in [4.69, 9.17) is 10.5 Å². The van der Waals surface area contributed by atoms with Gasteiger partial charge in [0.15, 0.2) is 0 Å². The number of piperidine rings is 1. The summed E-state index contributed by atoms with van der Waals surface area (Å²) < 4.78 is 5.71. The third kappa shape index (κ3) is 2.63. The fraction of sp³-hybridized carbons (Fsp3) is 0.923. The predicted molar refractivity (Wildman–Crippen MR) is 66.6 cm³/mol. The average Bonchev–Trinajstić information content (AvgIpc) is 2.77. The van der Waals surface area contributed by atoms with Crippen molar-refractivity contribution in [3.05, 3.63) is 0 Å². The molecule has 4 nitrogen and oxygen atoms in total. The van der Waals surface area contributed by atoms with E-state index in [1.165, 1.54) is 6.42 Å². The second kappa shape index (κ2) is 5.36. The molecule has 98 valence electrons. The lowest BCUT2D eigenvalue weighted by Crippen LogP contribution is -2.51. The Morgan fingerprint density at radius 3 is 2.41 bits per heavy atom. The van der Waals surface area contributed by atoms with Gasteiger partial charge in [-0.15, -0.1) is 0 Å². The fourth-order valence-electron chi connectivity index (χ4n) is 3.08. The van der Waals surface area contributed by atoms with Crippen molar-refractivity contribution in [3.8, 4) is 0 Å². The van der Waals surface area contributed by atoms with Crippen LogP contribution in [0.15, 0.2) is 0 Å². The Morgan fingerprint density at radius 1 is 1.24 bits per heavy atom. The van der Waals surface area contributed by atoms with Gasteiger partial charge in [0.2, 0.25) is 0 Å². The second-order valence-corrected chi connectivity index (χ2v) is 5.43. The summed E-state index contributed by atoms with van der Waals surface area (Å²) in [6.45, 7) is 4.81. The normalized spacial score (nSPS) is 38.4. The Hall–Kier alpha value is -0.610. The summed E-state index contributed by atoms with van der Waals surface area (Å²) in [7, 11) is 0. The molecule has 0 saturated carbocycles. The molecule has 0 aromatic heterocycles. The minimum atomic E-state index is -0.244. The molecule has 4 atom stereocenters. The minimum absolute atomic E-state index is 0.0827. The minimum Gasteiger partial charge on any atom is -0.364 e. The van der Waals surface area contributed by atoms with Gasteiger partial charge >= 0.3 is 0 Å². The van der Waals surface area contributed by atoms with Crippen LogP contribution < -0.4 is 5.73 Å². The molecule has 2 N–H and O–H groups in total. The highest BCUT2D eigenvalue weighted by Gasteiger charge is 2.37. The van der Waals surface area contributed by atoms with Crippen LogP contribution in [-0.4, -0.2) is 41.6 Å². The summed E-state index contributed by atoms with van der Waals surface area (Å²) in [5.74, 6) is 0.181. The van der Waals surface area contributed by atoms with Gasteiger partial charge in [0.25, 0.3) is 5.91 Å². The van der Waals surface area contributed by atoms with Crippen LogP contribution in [0.2, 0.25) is 0 Å². The third-order valence-corrected chi connectivity index (χ3v) is 4.09. The van der Waals surface area contributed by atoms with E-state index in [9.17, 15) is 4.79 Å². The molecule has 4 heteroatoms. The average molecular weight is 240 g/mol. The van der Waals surface area contributed by atoms with Crippen molar-refractivity contribution in [2.24, 2.45) is 5.73 Å². The number of carbonyl (C=O) groups excluding carboxylic acids is 1. The zero-order valence-electron chi connectivity index (χ0n) is 10.9. The van der Waals surface area contributed by atoms with Crippen molar-refractivity contribution >= 4 is 5.91 Å². The van der Waals surface area contributed by atoms with E-state index >= 15 is 0 Å². The monoisotopic (exact) mass is 240 g/mol. The van der Waals surface area contributed by atoms with Crippen LogP contribution in [0, 0.1) is 0 Å². The largest absolute Gasteiger partial charge is 0.364 e. The summed E-state index contributed by atoms with van der Waals surface area (Å²) in [5, 5.41) is 0. The first-order valence-electron chi connectivity index (χ1n) is 6.81. The predicted octanol–water partition coefficient (Wildman–Crippen LogP) is 1.28. The number of ether oxygens (including phenoxy) is 1. The molecule has 1 amide bonds. The molecule has 0 aromatic carbocycles. The van der Waals surface area contributed by atoms with Crippen LogP contribution in [0.5, 0.6) is 0 Å². The van der Waals surface area contributed by atoms with Crippen molar-refractivity contribution in [2.45, 2.75) is 70.2 Å². The van der Waals surface area contributed by atoms with Crippen LogP contribution in [-0.2, 0) is 9.53 Å². The molecule has 0 spiro atoms. The Balaban J connectivity index is 1.99. The van der Waals surface area contributed by atoms with Crippen LogP contribution in [0.1, 0.15) is 46.0 Å². The van der Waals surface area contributed by atoms with E-state index in [0.29, 0.717) is 18.6 Å². The molecule has 2 saturated heterocycles. The van der Waals surface area contributed by atoms with E-state index in [2.05, 4.69) is 13.8 Å². The van der Waals surface area contributed by atoms with E-state index in [0.717, 1.165) is 25.7 Å². The van der Waals surface area contributed by atoms with E-state index in [1.54, 1.807) is 0 Å². The quantitative estimate of drug-likeness (QED) is 0.791. The molecule has 2 heterocycles. The number of carbonyl (C=O) groups is 1. The topological polar surface area (TPSA) is 55.6 Å². The highest BCUT2D eigenvalue weighted by atomic mass is 16.5. The summed E-state index contributed by atoms with van der Waals surface area (Å²) >= 11 is 0. The Kier molecular flexibility index (Phi) is 4.05. The SMILES string of the molecule is C[C@@H]1CCC[C@H](C)N1C(=O)C1CCC(CN)O1. The smallest absolute Gasteiger partial charge is 0.252 e. The van der Waals surface area contributed by atoms with Crippen molar-refractivity contribution in [2.75, 3.05) is 6.54 Å².